The molecule has 0 saturated carbocycles. The summed E-state index contributed by atoms with van der Waals surface area (Å²) >= 11 is 5.47. The monoisotopic (exact) mass is 343 g/mol. The van der Waals surface area contributed by atoms with Crippen molar-refractivity contribution >= 4 is 39.2 Å². The molecule has 0 amide bonds. The largest absolute Gasteiger partial charge is 0.409 e. The van der Waals surface area contributed by atoms with Gasteiger partial charge in [0, 0.05) is 33.7 Å². The van der Waals surface area contributed by atoms with E-state index in [0.29, 0.717) is 11.3 Å². The standard InChI is InChI=1S/C13H18BrN3OS/c1-8-9(2)19-7-6-17(8)11-5-3-4-10(14)12(11)13(15)16-18/h3-5,8-9,18H,6-7H2,1-2H3,(H2,15,16). The highest BCUT2D eigenvalue weighted by molar-refractivity contribution is 9.10. The van der Waals surface area contributed by atoms with Crippen molar-refractivity contribution in [1.82, 2.24) is 0 Å². The molecule has 2 atom stereocenters. The van der Waals surface area contributed by atoms with E-state index < -0.39 is 0 Å². The Bertz CT molecular complexity index is 495. The maximum Gasteiger partial charge on any atom is 0.173 e. The third-order valence-corrected chi connectivity index (χ3v) is 5.55. The molecule has 2 rings (SSSR count). The molecule has 4 nitrogen and oxygen atoms in total. The molecule has 1 saturated heterocycles. The normalized spacial score (nSPS) is 24.6. The molecule has 0 radical (unpaired) electrons. The summed E-state index contributed by atoms with van der Waals surface area (Å²) in [5.74, 6) is 1.23. The van der Waals surface area contributed by atoms with Crippen LogP contribution in [-0.4, -0.2) is 34.6 Å². The molecule has 1 aromatic rings. The second-order valence-corrected chi connectivity index (χ2v) is 6.97. The lowest BCUT2D eigenvalue weighted by atomic mass is 10.1. The van der Waals surface area contributed by atoms with Crippen molar-refractivity contribution in [2.75, 3.05) is 17.2 Å². The number of thioether (sulfide) groups is 1. The molecule has 0 spiro atoms. The van der Waals surface area contributed by atoms with Crippen LogP contribution in [0.4, 0.5) is 5.69 Å². The molecule has 1 heterocycles. The van der Waals surface area contributed by atoms with Crippen LogP contribution < -0.4 is 10.6 Å². The lowest BCUT2D eigenvalue weighted by molar-refractivity contribution is 0.318. The number of benzene rings is 1. The zero-order valence-electron chi connectivity index (χ0n) is 11.0. The molecule has 2 unspecified atom stereocenters. The van der Waals surface area contributed by atoms with Crippen molar-refractivity contribution in [3.05, 3.63) is 28.2 Å². The quantitative estimate of drug-likeness (QED) is 0.375. The van der Waals surface area contributed by atoms with Gasteiger partial charge >= 0.3 is 0 Å². The topological polar surface area (TPSA) is 61.8 Å². The Labute approximate surface area is 126 Å². The summed E-state index contributed by atoms with van der Waals surface area (Å²) in [6.45, 7) is 5.43. The predicted octanol–water partition coefficient (Wildman–Crippen LogP) is 2.87. The number of nitrogens with two attached hydrogens (primary N) is 1. The number of hydrogen-bond donors (Lipinski definition) is 2. The molecule has 3 N–H and O–H groups in total. The van der Waals surface area contributed by atoms with Crippen LogP contribution in [0.1, 0.15) is 19.4 Å². The molecule has 0 bridgehead atoms. The summed E-state index contributed by atoms with van der Waals surface area (Å²) in [5.41, 5.74) is 7.60. The fourth-order valence-corrected chi connectivity index (χ4v) is 3.99. The van der Waals surface area contributed by atoms with Crippen molar-refractivity contribution in [3.8, 4) is 0 Å². The summed E-state index contributed by atoms with van der Waals surface area (Å²) in [7, 11) is 0. The molecule has 19 heavy (non-hydrogen) atoms. The van der Waals surface area contributed by atoms with Crippen LogP contribution in [0.15, 0.2) is 27.8 Å². The van der Waals surface area contributed by atoms with Crippen molar-refractivity contribution in [1.29, 1.82) is 0 Å². The first-order valence-electron chi connectivity index (χ1n) is 6.21. The Hall–Kier alpha value is -0.880. The summed E-state index contributed by atoms with van der Waals surface area (Å²) in [4.78, 5) is 2.33. The summed E-state index contributed by atoms with van der Waals surface area (Å²) in [6.07, 6.45) is 0. The van der Waals surface area contributed by atoms with E-state index in [4.69, 9.17) is 10.9 Å². The van der Waals surface area contributed by atoms with Crippen molar-refractivity contribution in [2.24, 2.45) is 10.9 Å². The Balaban J connectivity index is 2.47. The van der Waals surface area contributed by atoms with Gasteiger partial charge in [-0.3, -0.25) is 0 Å². The fraction of sp³-hybridized carbons (Fsp3) is 0.462. The van der Waals surface area contributed by atoms with Crippen molar-refractivity contribution in [3.63, 3.8) is 0 Å². The van der Waals surface area contributed by atoms with E-state index in [2.05, 4.69) is 39.8 Å². The van der Waals surface area contributed by atoms with Gasteiger partial charge in [-0.25, -0.2) is 0 Å². The number of amidine groups is 1. The number of nitrogens with zero attached hydrogens (tertiary/aromatic N) is 2. The highest BCUT2D eigenvalue weighted by Crippen LogP contribution is 2.34. The fourth-order valence-electron chi connectivity index (χ4n) is 2.33. The van der Waals surface area contributed by atoms with Gasteiger partial charge in [0.25, 0.3) is 0 Å². The highest BCUT2D eigenvalue weighted by Gasteiger charge is 2.28. The minimum Gasteiger partial charge on any atom is -0.409 e. The SMILES string of the molecule is CC1SCCN(c2cccc(Br)c2/C(N)=N/O)C1C. The van der Waals surface area contributed by atoms with E-state index in [1.807, 2.05) is 30.0 Å². The molecular formula is C13H18BrN3OS. The molecule has 1 aromatic carbocycles. The van der Waals surface area contributed by atoms with E-state index in [-0.39, 0.29) is 5.84 Å². The van der Waals surface area contributed by atoms with Crippen LogP contribution in [0.25, 0.3) is 0 Å². The van der Waals surface area contributed by atoms with Crippen LogP contribution in [0.5, 0.6) is 0 Å². The number of hydrogen-bond acceptors (Lipinski definition) is 4. The minimum absolute atomic E-state index is 0.139. The molecule has 1 aliphatic heterocycles. The van der Waals surface area contributed by atoms with E-state index >= 15 is 0 Å². The van der Waals surface area contributed by atoms with Gasteiger partial charge in [0.05, 0.1) is 5.56 Å². The second-order valence-electron chi connectivity index (χ2n) is 4.63. The molecule has 0 aliphatic carbocycles. The van der Waals surface area contributed by atoms with Gasteiger partial charge in [0.2, 0.25) is 0 Å². The second kappa shape index (κ2) is 6.05. The zero-order valence-corrected chi connectivity index (χ0v) is 13.4. The summed E-state index contributed by atoms with van der Waals surface area (Å²) in [6, 6.07) is 6.33. The van der Waals surface area contributed by atoms with Crippen LogP contribution in [0, 0.1) is 0 Å². The molecule has 1 fully saturated rings. The Morgan fingerprint density at radius 2 is 2.26 bits per heavy atom. The lowest BCUT2D eigenvalue weighted by Gasteiger charge is -2.40. The first kappa shape index (κ1) is 14.5. The van der Waals surface area contributed by atoms with Gasteiger partial charge in [0.15, 0.2) is 5.84 Å². The number of rotatable bonds is 2. The van der Waals surface area contributed by atoms with E-state index in [1.54, 1.807) is 0 Å². The van der Waals surface area contributed by atoms with E-state index in [0.717, 1.165) is 28.0 Å². The first-order chi connectivity index (χ1) is 9.06. The average Bonchev–Trinajstić information content (AvgIpc) is 2.41. The third-order valence-electron chi connectivity index (χ3n) is 3.55. The van der Waals surface area contributed by atoms with Gasteiger partial charge in [-0.05, 0) is 35.0 Å². The predicted molar refractivity (Wildman–Crippen MR) is 85.4 cm³/mol. The smallest absolute Gasteiger partial charge is 0.173 e. The van der Waals surface area contributed by atoms with Crippen LogP contribution >= 0.6 is 27.7 Å². The van der Waals surface area contributed by atoms with Gasteiger partial charge in [0.1, 0.15) is 0 Å². The van der Waals surface area contributed by atoms with Crippen LogP contribution in [-0.2, 0) is 0 Å². The van der Waals surface area contributed by atoms with E-state index in [1.165, 1.54) is 0 Å². The molecule has 0 aromatic heterocycles. The van der Waals surface area contributed by atoms with Crippen LogP contribution in [0.2, 0.25) is 0 Å². The first-order valence-corrected chi connectivity index (χ1v) is 8.05. The Kier molecular flexibility index (Phi) is 4.62. The molecule has 104 valence electrons. The minimum atomic E-state index is 0.139. The number of oxime groups is 1. The maximum atomic E-state index is 8.97. The number of anilines is 1. The van der Waals surface area contributed by atoms with Crippen molar-refractivity contribution in [2.45, 2.75) is 25.1 Å². The summed E-state index contributed by atoms with van der Waals surface area (Å²) < 4.78 is 0.846. The van der Waals surface area contributed by atoms with Crippen molar-refractivity contribution < 1.29 is 5.21 Å². The third kappa shape index (κ3) is 2.84. The summed E-state index contributed by atoms with van der Waals surface area (Å²) in [5, 5.41) is 12.7. The van der Waals surface area contributed by atoms with Gasteiger partial charge < -0.3 is 15.8 Å². The highest BCUT2D eigenvalue weighted by atomic mass is 79.9. The number of halogens is 1. The van der Waals surface area contributed by atoms with Gasteiger partial charge in [-0.2, -0.15) is 11.8 Å². The lowest BCUT2D eigenvalue weighted by Crippen LogP contribution is -2.45. The van der Waals surface area contributed by atoms with E-state index in [9.17, 15) is 0 Å². The van der Waals surface area contributed by atoms with Gasteiger partial charge in [-0.1, -0.05) is 18.1 Å². The van der Waals surface area contributed by atoms with Crippen LogP contribution in [0.3, 0.4) is 0 Å². The van der Waals surface area contributed by atoms with Gasteiger partial charge in [-0.15, -0.1) is 0 Å². The Morgan fingerprint density at radius 3 is 2.95 bits per heavy atom. The molecule has 6 heteroatoms. The molecule has 1 aliphatic rings. The average molecular weight is 344 g/mol. The zero-order chi connectivity index (χ0) is 14.0. The maximum absolute atomic E-state index is 8.97. The molecular weight excluding hydrogens is 326 g/mol. The Morgan fingerprint density at radius 1 is 1.53 bits per heavy atom.